The minimum Gasteiger partial charge on any atom is -0.493 e. The standard InChI is InChI=1S/C18H19NO5S/c1-12-5-7-14(8-6-12)25(20,21)17(11-19)13-9-15(22-2)18(24-4)16(10-13)23-3/h5-10,17H,1-4H3. The number of nitrogens with zero attached hydrogens (tertiary/aromatic N) is 1. The zero-order chi connectivity index (χ0) is 18.6. The molecule has 25 heavy (non-hydrogen) atoms. The SMILES string of the molecule is COc1cc(C(C#N)S(=O)(=O)c2ccc(C)cc2)cc(OC)c1OC. The molecule has 0 spiro atoms. The molecule has 2 rings (SSSR count). The monoisotopic (exact) mass is 361 g/mol. The highest BCUT2D eigenvalue weighted by molar-refractivity contribution is 7.92. The molecule has 0 saturated carbocycles. The van der Waals surface area contributed by atoms with Crippen LogP contribution in [0.3, 0.4) is 0 Å². The van der Waals surface area contributed by atoms with Crippen molar-refractivity contribution in [2.75, 3.05) is 21.3 Å². The summed E-state index contributed by atoms with van der Waals surface area (Å²) in [5.74, 6) is 0.908. The molecule has 2 aromatic rings. The summed E-state index contributed by atoms with van der Waals surface area (Å²) in [5, 5.41) is 8.14. The van der Waals surface area contributed by atoms with Gasteiger partial charge in [-0.05, 0) is 36.8 Å². The Morgan fingerprint density at radius 2 is 1.48 bits per heavy atom. The van der Waals surface area contributed by atoms with Gasteiger partial charge >= 0.3 is 0 Å². The van der Waals surface area contributed by atoms with Crippen LogP contribution in [0.25, 0.3) is 0 Å². The van der Waals surface area contributed by atoms with Gasteiger partial charge in [0.1, 0.15) is 0 Å². The van der Waals surface area contributed by atoms with Crippen LogP contribution in [0.5, 0.6) is 17.2 Å². The molecule has 0 amide bonds. The summed E-state index contributed by atoms with van der Waals surface area (Å²) < 4.78 is 41.5. The van der Waals surface area contributed by atoms with E-state index in [1.807, 2.05) is 13.0 Å². The van der Waals surface area contributed by atoms with Crippen LogP contribution in [-0.2, 0) is 9.84 Å². The van der Waals surface area contributed by atoms with Crippen molar-refractivity contribution in [2.45, 2.75) is 17.1 Å². The molecule has 0 aliphatic carbocycles. The molecular weight excluding hydrogens is 342 g/mol. The van der Waals surface area contributed by atoms with Crippen LogP contribution in [0.2, 0.25) is 0 Å². The lowest BCUT2D eigenvalue weighted by molar-refractivity contribution is 0.324. The van der Waals surface area contributed by atoms with Gasteiger partial charge in [-0.2, -0.15) is 5.26 Å². The minimum atomic E-state index is -3.90. The maximum absolute atomic E-state index is 12.9. The van der Waals surface area contributed by atoms with Crippen molar-refractivity contribution in [1.82, 2.24) is 0 Å². The van der Waals surface area contributed by atoms with Gasteiger partial charge in [0.15, 0.2) is 26.6 Å². The van der Waals surface area contributed by atoms with Gasteiger partial charge in [-0.15, -0.1) is 0 Å². The van der Waals surface area contributed by atoms with E-state index in [0.29, 0.717) is 5.75 Å². The van der Waals surface area contributed by atoms with Crippen LogP contribution >= 0.6 is 0 Å². The minimum absolute atomic E-state index is 0.0819. The first-order valence-corrected chi connectivity index (χ1v) is 8.93. The second-order valence-electron chi connectivity index (χ2n) is 5.33. The van der Waals surface area contributed by atoms with Crippen LogP contribution in [0.4, 0.5) is 0 Å². The molecule has 7 heteroatoms. The fraction of sp³-hybridized carbons (Fsp3) is 0.278. The maximum atomic E-state index is 12.9. The second-order valence-corrected chi connectivity index (χ2v) is 7.36. The van der Waals surface area contributed by atoms with Crippen molar-refractivity contribution < 1.29 is 22.6 Å². The summed E-state index contributed by atoms with van der Waals surface area (Å²) in [6, 6.07) is 11.2. The third-order valence-corrected chi connectivity index (χ3v) is 5.69. The molecule has 0 fully saturated rings. The van der Waals surface area contributed by atoms with E-state index < -0.39 is 15.1 Å². The number of aryl methyl sites for hydroxylation is 1. The molecule has 132 valence electrons. The number of sulfone groups is 1. The van der Waals surface area contributed by atoms with E-state index in [4.69, 9.17) is 14.2 Å². The Bertz CT molecular complexity index is 873. The fourth-order valence-corrected chi connectivity index (χ4v) is 3.86. The molecule has 0 aromatic heterocycles. The highest BCUT2D eigenvalue weighted by atomic mass is 32.2. The van der Waals surface area contributed by atoms with Gasteiger partial charge in [-0.25, -0.2) is 8.42 Å². The van der Waals surface area contributed by atoms with E-state index in [9.17, 15) is 13.7 Å². The van der Waals surface area contributed by atoms with Crippen molar-refractivity contribution in [2.24, 2.45) is 0 Å². The predicted octanol–water partition coefficient (Wildman–Crippen LogP) is 3.06. The van der Waals surface area contributed by atoms with Gasteiger partial charge < -0.3 is 14.2 Å². The number of hydrogen-bond acceptors (Lipinski definition) is 6. The number of ether oxygens (including phenoxy) is 3. The Kier molecular flexibility index (Phi) is 5.55. The Morgan fingerprint density at radius 1 is 0.960 bits per heavy atom. The number of methoxy groups -OCH3 is 3. The van der Waals surface area contributed by atoms with Crippen molar-refractivity contribution in [3.8, 4) is 23.3 Å². The van der Waals surface area contributed by atoms with Gasteiger partial charge in [0.25, 0.3) is 0 Å². The normalized spacial score (nSPS) is 12.1. The van der Waals surface area contributed by atoms with Gasteiger partial charge in [0, 0.05) is 0 Å². The van der Waals surface area contributed by atoms with Crippen LogP contribution in [0.1, 0.15) is 16.4 Å². The van der Waals surface area contributed by atoms with Crippen LogP contribution < -0.4 is 14.2 Å². The number of hydrogen-bond donors (Lipinski definition) is 0. The van der Waals surface area contributed by atoms with Crippen LogP contribution in [0, 0.1) is 18.3 Å². The summed E-state index contributed by atoms with van der Waals surface area (Å²) in [6.45, 7) is 1.86. The van der Waals surface area contributed by atoms with Gasteiger partial charge in [0.2, 0.25) is 5.75 Å². The fourth-order valence-electron chi connectivity index (χ4n) is 2.44. The van der Waals surface area contributed by atoms with Crippen molar-refractivity contribution in [3.63, 3.8) is 0 Å². The quantitative estimate of drug-likeness (QED) is 0.786. The molecule has 0 bridgehead atoms. The van der Waals surface area contributed by atoms with E-state index >= 15 is 0 Å². The van der Waals surface area contributed by atoms with Gasteiger partial charge in [-0.1, -0.05) is 17.7 Å². The van der Waals surface area contributed by atoms with Gasteiger partial charge in [0.05, 0.1) is 32.3 Å². The molecule has 2 aromatic carbocycles. The first-order valence-electron chi connectivity index (χ1n) is 7.39. The molecule has 0 N–H and O–H groups in total. The highest BCUT2D eigenvalue weighted by Gasteiger charge is 2.31. The zero-order valence-corrected chi connectivity index (χ0v) is 15.3. The third kappa shape index (κ3) is 3.54. The van der Waals surface area contributed by atoms with Crippen molar-refractivity contribution in [1.29, 1.82) is 5.26 Å². The lowest BCUT2D eigenvalue weighted by Gasteiger charge is -2.17. The Labute approximate surface area is 147 Å². The molecule has 0 aliphatic rings. The molecule has 0 aliphatic heterocycles. The van der Waals surface area contributed by atoms with E-state index in [1.54, 1.807) is 12.1 Å². The summed E-state index contributed by atoms with van der Waals surface area (Å²) in [7, 11) is 0.401. The van der Waals surface area contributed by atoms with E-state index in [0.717, 1.165) is 5.56 Å². The number of benzene rings is 2. The average Bonchev–Trinajstić information content (AvgIpc) is 2.61. The lowest BCUT2D eigenvalue weighted by Crippen LogP contribution is -2.13. The summed E-state index contributed by atoms with van der Waals surface area (Å²) in [6.07, 6.45) is 0. The molecule has 0 heterocycles. The van der Waals surface area contributed by atoms with Crippen LogP contribution in [0.15, 0.2) is 41.3 Å². The third-order valence-electron chi connectivity index (χ3n) is 3.77. The summed E-state index contributed by atoms with van der Waals surface area (Å²) >= 11 is 0. The van der Waals surface area contributed by atoms with E-state index in [1.165, 1.54) is 45.6 Å². The Morgan fingerprint density at radius 3 is 1.88 bits per heavy atom. The summed E-state index contributed by atoms with van der Waals surface area (Å²) in [5.41, 5.74) is 1.18. The zero-order valence-electron chi connectivity index (χ0n) is 14.4. The maximum Gasteiger partial charge on any atom is 0.203 e. The largest absolute Gasteiger partial charge is 0.493 e. The topological polar surface area (TPSA) is 85.6 Å². The van der Waals surface area contributed by atoms with Gasteiger partial charge in [-0.3, -0.25) is 0 Å². The number of rotatable bonds is 6. The highest BCUT2D eigenvalue weighted by Crippen LogP contribution is 2.41. The molecule has 0 radical (unpaired) electrons. The lowest BCUT2D eigenvalue weighted by atomic mass is 10.1. The van der Waals surface area contributed by atoms with Crippen molar-refractivity contribution >= 4 is 9.84 Å². The average molecular weight is 361 g/mol. The molecule has 6 nitrogen and oxygen atoms in total. The second kappa shape index (κ2) is 7.45. The molecular formula is C18H19NO5S. The first-order chi connectivity index (χ1) is 11.9. The number of nitriles is 1. The molecule has 1 atom stereocenters. The Balaban J connectivity index is 2.61. The molecule has 0 saturated heterocycles. The van der Waals surface area contributed by atoms with Crippen molar-refractivity contribution in [3.05, 3.63) is 47.5 Å². The molecule has 1 unspecified atom stereocenters. The Hall–Kier alpha value is -2.72. The summed E-state index contributed by atoms with van der Waals surface area (Å²) in [4.78, 5) is 0.0819. The first kappa shape index (κ1) is 18.6. The predicted molar refractivity (Wildman–Crippen MR) is 92.8 cm³/mol. The van der Waals surface area contributed by atoms with Crippen LogP contribution in [-0.4, -0.2) is 29.7 Å². The van der Waals surface area contributed by atoms with E-state index in [2.05, 4.69) is 0 Å². The van der Waals surface area contributed by atoms with E-state index in [-0.39, 0.29) is 22.0 Å². The smallest absolute Gasteiger partial charge is 0.203 e.